The van der Waals surface area contributed by atoms with E-state index >= 15 is 0 Å². The summed E-state index contributed by atoms with van der Waals surface area (Å²) in [6.45, 7) is 3.79. The van der Waals surface area contributed by atoms with Crippen molar-refractivity contribution in [3.05, 3.63) is 0 Å². The summed E-state index contributed by atoms with van der Waals surface area (Å²) in [5.41, 5.74) is -2.08. The van der Waals surface area contributed by atoms with E-state index in [9.17, 15) is 14.4 Å². The van der Waals surface area contributed by atoms with Crippen LogP contribution >= 0.6 is 0 Å². The molecule has 0 spiro atoms. The quantitative estimate of drug-likeness (QED) is 0.618. The molecule has 0 saturated carbocycles. The van der Waals surface area contributed by atoms with E-state index in [1.807, 2.05) is 0 Å². The minimum atomic E-state index is -2.08. The van der Waals surface area contributed by atoms with Crippen LogP contribution in [0.5, 0.6) is 0 Å². The fourth-order valence-electron chi connectivity index (χ4n) is 1.80. The molecule has 1 fully saturated rings. The molecule has 0 aliphatic carbocycles. The van der Waals surface area contributed by atoms with E-state index in [2.05, 4.69) is 5.32 Å². The van der Waals surface area contributed by atoms with Gasteiger partial charge in [0.05, 0.1) is 0 Å². The average Bonchev–Trinajstić information content (AvgIpc) is 2.41. The fraction of sp³-hybridized carbons (Fsp3) is 0.727. The summed E-state index contributed by atoms with van der Waals surface area (Å²) in [4.78, 5) is 36.4. The largest absolute Gasteiger partial charge is 0.354 e. The van der Waals surface area contributed by atoms with Crippen molar-refractivity contribution in [1.82, 2.24) is 10.2 Å². The Morgan fingerprint density at radius 3 is 2.41 bits per heavy atom. The zero-order chi connectivity index (χ0) is 12.9. The third-order valence-electron chi connectivity index (χ3n) is 2.87. The number of carbonyl (C=O) groups is 2. The van der Waals surface area contributed by atoms with Crippen molar-refractivity contribution in [2.24, 2.45) is 0 Å². The fourth-order valence-corrected chi connectivity index (χ4v) is 1.80. The minimum Gasteiger partial charge on any atom is -0.354 e. The number of piperazine rings is 1. The van der Waals surface area contributed by atoms with Crippen molar-refractivity contribution < 1.29 is 19.1 Å². The maximum Gasteiger partial charge on any atom is 0.271 e. The highest BCUT2D eigenvalue weighted by atomic mass is 16.5. The highest BCUT2D eigenvalue weighted by Crippen LogP contribution is 2.16. The molecule has 6 heteroatoms. The lowest BCUT2D eigenvalue weighted by molar-refractivity contribution is -0.155. The first kappa shape index (κ1) is 13.8. The van der Waals surface area contributed by atoms with Gasteiger partial charge in [0.25, 0.3) is 17.8 Å². The molecule has 1 saturated heterocycles. The number of carbonyl (C=O) groups excluding carboxylic acids is 3. The van der Waals surface area contributed by atoms with Crippen LogP contribution in [-0.4, -0.2) is 61.8 Å². The van der Waals surface area contributed by atoms with Crippen LogP contribution in [0, 0.1) is 0 Å². The Morgan fingerprint density at radius 1 is 1.41 bits per heavy atom. The summed E-state index contributed by atoms with van der Waals surface area (Å²) in [7, 11) is 1.18. The molecule has 0 aromatic carbocycles. The van der Waals surface area contributed by atoms with Crippen molar-refractivity contribution in [3.63, 3.8) is 0 Å². The van der Waals surface area contributed by atoms with Crippen molar-refractivity contribution in [2.75, 3.05) is 33.3 Å². The zero-order valence-corrected chi connectivity index (χ0v) is 10.1. The zero-order valence-electron chi connectivity index (χ0n) is 10.1. The predicted molar refractivity (Wildman–Crippen MR) is 60.2 cm³/mol. The number of hydrogen-bond donors (Lipinski definition) is 1. The second kappa shape index (κ2) is 5.88. The molecule has 1 radical (unpaired) electrons. The van der Waals surface area contributed by atoms with Crippen LogP contribution in [0.4, 0.5) is 0 Å². The van der Waals surface area contributed by atoms with E-state index in [1.54, 1.807) is 6.92 Å². The number of ether oxygens (including phenoxy) is 1. The van der Waals surface area contributed by atoms with Gasteiger partial charge in [0.1, 0.15) is 0 Å². The summed E-state index contributed by atoms with van der Waals surface area (Å²) >= 11 is 0. The van der Waals surface area contributed by atoms with Crippen LogP contribution in [-0.2, 0) is 19.1 Å². The number of rotatable bonds is 5. The smallest absolute Gasteiger partial charge is 0.271 e. The molecule has 1 heterocycles. The summed E-state index contributed by atoms with van der Waals surface area (Å²) in [6, 6.07) is 0. The number of nitrogens with one attached hydrogen (secondary N) is 1. The molecule has 1 atom stereocenters. The molecule has 1 amide bonds. The second-order valence-electron chi connectivity index (χ2n) is 3.81. The lowest BCUT2D eigenvalue weighted by atomic mass is 9.95. The molecule has 6 nitrogen and oxygen atoms in total. The monoisotopic (exact) mass is 241 g/mol. The van der Waals surface area contributed by atoms with Gasteiger partial charge < -0.3 is 15.0 Å². The number of methoxy groups -OCH3 is 1. The van der Waals surface area contributed by atoms with Crippen molar-refractivity contribution in [3.8, 4) is 0 Å². The van der Waals surface area contributed by atoms with E-state index in [0.717, 1.165) is 0 Å². The van der Waals surface area contributed by atoms with Crippen LogP contribution in [0.2, 0.25) is 0 Å². The van der Waals surface area contributed by atoms with Gasteiger partial charge in [0, 0.05) is 39.7 Å². The van der Waals surface area contributed by atoms with E-state index in [-0.39, 0.29) is 6.42 Å². The van der Waals surface area contributed by atoms with Crippen LogP contribution < -0.4 is 5.32 Å². The molecule has 1 N–H and O–H groups in total. The van der Waals surface area contributed by atoms with Gasteiger partial charge in [-0.2, -0.15) is 0 Å². The molecule has 95 valence electrons. The van der Waals surface area contributed by atoms with E-state index in [4.69, 9.17) is 4.74 Å². The van der Waals surface area contributed by atoms with E-state index < -0.39 is 17.3 Å². The number of ketones is 1. The van der Waals surface area contributed by atoms with Gasteiger partial charge in [0.15, 0.2) is 5.78 Å². The Morgan fingerprint density at radius 2 is 2.00 bits per heavy atom. The Kier molecular flexibility index (Phi) is 4.77. The Bertz CT molecular complexity index is 313. The summed E-state index contributed by atoms with van der Waals surface area (Å²) in [6.07, 6.45) is 1.54. The third-order valence-corrected chi connectivity index (χ3v) is 2.87. The van der Waals surface area contributed by atoms with Gasteiger partial charge in [-0.3, -0.25) is 14.4 Å². The maximum absolute atomic E-state index is 12.2. The molecule has 0 aromatic heterocycles. The van der Waals surface area contributed by atoms with Gasteiger partial charge in [0.2, 0.25) is 0 Å². The molecule has 17 heavy (non-hydrogen) atoms. The van der Waals surface area contributed by atoms with Crippen LogP contribution in [0.15, 0.2) is 0 Å². The Labute approximate surface area is 100 Å². The molecular weight excluding hydrogens is 224 g/mol. The Balaban J connectivity index is 2.93. The summed E-state index contributed by atoms with van der Waals surface area (Å²) in [5.74, 6) is -1.16. The average molecular weight is 241 g/mol. The van der Waals surface area contributed by atoms with Gasteiger partial charge in [-0.15, -0.1) is 0 Å². The lowest BCUT2D eigenvalue weighted by Gasteiger charge is -2.33. The molecule has 0 bridgehead atoms. The highest BCUT2D eigenvalue weighted by Gasteiger charge is 2.48. The molecule has 0 aromatic rings. The highest BCUT2D eigenvalue weighted by molar-refractivity contribution is 6.21. The SMILES string of the molecule is CCC(=O)C([C]=O)(OC)C(=O)N1CCNCC1. The van der Waals surface area contributed by atoms with Crippen LogP contribution in [0.1, 0.15) is 13.3 Å². The standard InChI is InChI=1S/C11H17N2O4/c1-3-9(15)11(8-14,17-2)10(16)13-6-4-12-5-7-13/h12H,3-7H2,1-2H3. The molecule has 1 rings (SSSR count). The maximum atomic E-state index is 12.2. The van der Waals surface area contributed by atoms with Gasteiger partial charge in [-0.05, 0) is 0 Å². The van der Waals surface area contributed by atoms with Crippen LogP contribution in [0.25, 0.3) is 0 Å². The molecule has 1 aliphatic heterocycles. The Hall–Kier alpha value is -1.27. The van der Waals surface area contributed by atoms with Crippen LogP contribution in [0.3, 0.4) is 0 Å². The molecular formula is C11H17N2O4. The predicted octanol–water partition coefficient (Wildman–Crippen LogP) is -1.11. The molecule has 1 unspecified atom stereocenters. The number of nitrogens with zero attached hydrogens (tertiary/aromatic N) is 1. The van der Waals surface area contributed by atoms with Crippen molar-refractivity contribution >= 4 is 18.0 Å². The van der Waals surface area contributed by atoms with E-state index in [1.165, 1.54) is 18.3 Å². The summed E-state index contributed by atoms with van der Waals surface area (Å²) in [5, 5.41) is 3.08. The molecule has 1 aliphatic rings. The summed E-state index contributed by atoms with van der Waals surface area (Å²) < 4.78 is 4.87. The minimum absolute atomic E-state index is 0.0565. The second-order valence-corrected chi connectivity index (χ2v) is 3.81. The normalized spacial score (nSPS) is 19.5. The first-order valence-corrected chi connectivity index (χ1v) is 5.60. The van der Waals surface area contributed by atoms with Crippen molar-refractivity contribution in [2.45, 2.75) is 18.9 Å². The topological polar surface area (TPSA) is 75.7 Å². The first-order chi connectivity index (χ1) is 8.12. The van der Waals surface area contributed by atoms with Gasteiger partial charge in [-0.1, -0.05) is 6.92 Å². The third kappa shape index (κ3) is 2.53. The van der Waals surface area contributed by atoms with Crippen molar-refractivity contribution in [1.29, 1.82) is 0 Å². The number of Topliss-reactive ketones (excluding diaryl/α,β-unsaturated/α-hetero) is 1. The lowest BCUT2D eigenvalue weighted by Crippen LogP contribution is -2.60. The number of hydrogen-bond acceptors (Lipinski definition) is 5. The van der Waals surface area contributed by atoms with Gasteiger partial charge >= 0.3 is 0 Å². The van der Waals surface area contributed by atoms with E-state index in [0.29, 0.717) is 26.2 Å². The first-order valence-electron chi connectivity index (χ1n) is 5.60. The van der Waals surface area contributed by atoms with Gasteiger partial charge in [-0.25, -0.2) is 0 Å². The number of amides is 1.